The topological polar surface area (TPSA) is 90.7 Å². The molecule has 1 aromatic carbocycles. The molecule has 2 N–H and O–H groups in total. The highest BCUT2D eigenvalue weighted by Crippen LogP contribution is 2.32. The number of phenolic OH excluding ortho intramolecular Hbond substituents is 1. The molecule has 2 fully saturated rings. The Morgan fingerprint density at radius 3 is 2.55 bits per heavy atom. The summed E-state index contributed by atoms with van der Waals surface area (Å²) in [6.45, 7) is 0. The Kier molecular flexibility index (Phi) is 6.29. The van der Waals surface area contributed by atoms with Gasteiger partial charge in [0.2, 0.25) is 0 Å². The lowest BCUT2D eigenvalue weighted by Gasteiger charge is -2.43. The quantitative estimate of drug-likeness (QED) is 0.736. The zero-order chi connectivity index (χ0) is 22.0. The van der Waals surface area contributed by atoms with E-state index in [0.717, 1.165) is 24.2 Å². The molecule has 7 nitrogen and oxygen atoms in total. The number of anilines is 1. The van der Waals surface area contributed by atoms with Gasteiger partial charge in [-0.05, 0) is 61.6 Å². The number of rotatable bonds is 5. The largest absolute Gasteiger partial charge is 0.507 e. The number of hydrogen-bond acceptors (Lipinski definition) is 7. The van der Waals surface area contributed by atoms with E-state index in [4.69, 9.17) is 0 Å². The average molecular weight is 442 g/mol. The summed E-state index contributed by atoms with van der Waals surface area (Å²) in [7, 11) is 1.29. The molecule has 2 saturated heterocycles. The van der Waals surface area contributed by atoms with Crippen LogP contribution in [0.5, 0.6) is 5.75 Å². The van der Waals surface area contributed by atoms with Crippen molar-refractivity contribution in [2.24, 2.45) is 4.36 Å². The zero-order valence-electron chi connectivity index (χ0n) is 18.4. The molecular weight excluding hydrogens is 410 g/mol. The Balaban J connectivity index is 1.48. The standard InChI is InChI=1S/C23H31N5O2S/c1-24-31(3,30)12-11-16-7-8-20(22(29)13-16)21-9-10-23(27-26-21)28(2)19-14-17-5-4-6-18(15-19)25-17/h7-13,17-19,25,29H,4-6,14-15H2,1-3H3/b12-11+. The number of aromatic nitrogens is 2. The molecule has 31 heavy (non-hydrogen) atoms. The summed E-state index contributed by atoms with van der Waals surface area (Å²) in [6.07, 6.45) is 9.41. The van der Waals surface area contributed by atoms with Crippen LogP contribution in [0.2, 0.25) is 0 Å². The third kappa shape index (κ3) is 5.07. The molecule has 1 aromatic heterocycles. The van der Waals surface area contributed by atoms with Crippen molar-refractivity contribution in [3.63, 3.8) is 0 Å². The molecular formula is C23H31N5O2S. The van der Waals surface area contributed by atoms with Crippen molar-refractivity contribution in [2.45, 2.75) is 50.2 Å². The normalized spacial score (nSPS) is 25.2. The number of benzene rings is 1. The minimum atomic E-state index is -2.34. The lowest BCUT2D eigenvalue weighted by molar-refractivity contribution is 0.219. The summed E-state index contributed by atoms with van der Waals surface area (Å²) in [4.78, 5) is 2.25. The van der Waals surface area contributed by atoms with Gasteiger partial charge in [-0.3, -0.25) is 0 Å². The second kappa shape index (κ2) is 8.96. The minimum absolute atomic E-state index is 0.111. The molecule has 2 aromatic rings. The van der Waals surface area contributed by atoms with Crippen LogP contribution < -0.4 is 10.2 Å². The van der Waals surface area contributed by atoms with Crippen LogP contribution in [0, 0.1) is 0 Å². The van der Waals surface area contributed by atoms with E-state index < -0.39 is 9.73 Å². The Morgan fingerprint density at radius 2 is 1.94 bits per heavy atom. The molecule has 4 rings (SSSR count). The Labute approximate surface area is 184 Å². The van der Waals surface area contributed by atoms with Crippen molar-refractivity contribution in [1.82, 2.24) is 15.5 Å². The van der Waals surface area contributed by atoms with Gasteiger partial charge in [0.15, 0.2) is 5.82 Å². The number of piperidine rings is 2. The predicted octanol–water partition coefficient (Wildman–Crippen LogP) is 3.66. The molecule has 8 heteroatoms. The maximum absolute atomic E-state index is 12.0. The monoisotopic (exact) mass is 441 g/mol. The molecule has 2 bridgehead atoms. The van der Waals surface area contributed by atoms with E-state index in [9.17, 15) is 9.32 Å². The van der Waals surface area contributed by atoms with Gasteiger partial charge in [-0.1, -0.05) is 12.5 Å². The fourth-order valence-electron chi connectivity index (χ4n) is 4.53. The van der Waals surface area contributed by atoms with Crippen molar-refractivity contribution in [2.75, 3.05) is 25.3 Å². The molecule has 0 spiro atoms. The van der Waals surface area contributed by atoms with Crippen LogP contribution in [0.1, 0.15) is 37.7 Å². The summed E-state index contributed by atoms with van der Waals surface area (Å²) in [6, 6.07) is 10.9. The van der Waals surface area contributed by atoms with E-state index in [1.807, 2.05) is 18.2 Å². The van der Waals surface area contributed by atoms with E-state index in [2.05, 4.69) is 31.8 Å². The molecule has 2 aliphatic rings. The van der Waals surface area contributed by atoms with Crippen molar-refractivity contribution >= 4 is 21.6 Å². The molecule has 0 aliphatic carbocycles. The van der Waals surface area contributed by atoms with Gasteiger partial charge in [0.25, 0.3) is 0 Å². The smallest absolute Gasteiger partial charge is 0.151 e. The molecule has 0 radical (unpaired) electrons. The fourth-order valence-corrected chi connectivity index (χ4v) is 5.06. The molecule has 3 atom stereocenters. The maximum atomic E-state index is 12.0. The van der Waals surface area contributed by atoms with E-state index >= 15 is 0 Å². The van der Waals surface area contributed by atoms with Crippen molar-refractivity contribution in [1.29, 1.82) is 0 Å². The third-order valence-electron chi connectivity index (χ3n) is 6.42. The van der Waals surface area contributed by atoms with Gasteiger partial charge >= 0.3 is 0 Å². The summed E-state index contributed by atoms with van der Waals surface area (Å²) < 4.78 is 15.9. The molecule has 3 unspecified atom stereocenters. The zero-order valence-corrected chi connectivity index (χ0v) is 19.2. The van der Waals surface area contributed by atoms with Crippen molar-refractivity contribution in [3.8, 4) is 17.0 Å². The number of nitrogens with zero attached hydrogens (tertiary/aromatic N) is 4. The second-order valence-corrected chi connectivity index (χ2v) is 11.0. The first-order valence-corrected chi connectivity index (χ1v) is 12.8. The first kappa shape index (κ1) is 21.8. The van der Waals surface area contributed by atoms with Crippen LogP contribution in [-0.4, -0.2) is 58.0 Å². The van der Waals surface area contributed by atoms with Crippen LogP contribution in [0.15, 0.2) is 40.1 Å². The SMILES string of the molecule is CN=S(C)(=O)/C=C/c1ccc(-c2ccc(N(C)C3CC4CCCC(C3)N4)nn2)c(O)c1. The van der Waals surface area contributed by atoms with Crippen molar-refractivity contribution in [3.05, 3.63) is 41.3 Å². The molecule has 2 aliphatic heterocycles. The lowest BCUT2D eigenvalue weighted by Crippen LogP contribution is -2.54. The highest BCUT2D eigenvalue weighted by molar-refractivity contribution is 7.95. The van der Waals surface area contributed by atoms with E-state index in [1.54, 1.807) is 29.9 Å². The van der Waals surface area contributed by atoms with E-state index in [-0.39, 0.29) is 5.75 Å². The van der Waals surface area contributed by atoms with Crippen LogP contribution in [0.4, 0.5) is 5.82 Å². The average Bonchev–Trinajstić information content (AvgIpc) is 2.77. The predicted molar refractivity (Wildman–Crippen MR) is 127 cm³/mol. The first-order valence-electron chi connectivity index (χ1n) is 10.8. The Morgan fingerprint density at radius 1 is 1.19 bits per heavy atom. The van der Waals surface area contributed by atoms with Gasteiger partial charge in [-0.2, -0.15) is 0 Å². The van der Waals surface area contributed by atoms with Gasteiger partial charge in [0.1, 0.15) is 5.75 Å². The molecule has 3 heterocycles. The van der Waals surface area contributed by atoms with Gasteiger partial charge in [-0.25, -0.2) is 8.57 Å². The van der Waals surface area contributed by atoms with Crippen LogP contribution >= 0.6 is 0 Å². The highest BCUT2D eigenvalue weighted by atomic mass is 32.2. The summed E-state index contributed by atoms with van der Waals surface area (Å²) in [5.74, 6) is 0.966. The number of fused-ring (bicyclic) bond motifs is 2. The van der Waals surface area contributed by atoms with Crippen molar-refractivity contribution < 1.29 is 9.32 Å². The van der Waals surface area contributed by atoms with Gasteiger partial charge in [-0.15, -0.1) is 10.2 Å². The maximum Gasteiger partial charge on any atom is 0.151 e. The molecule has 0 saturated carbocycles. The summed E-state index contributed by atoms with van der Waals surface area (Å²) in [5, 5.41) is 24.6. The lowest BCUT2D eigenvalue weighted by atomic mass is 9.83. The third-order valence-corrected chi connectivity index (χ3v) is 7.79. The minimum Gasteiger partial charge on any atom is -0.507 e. The Bertz CT molecular complexity index is 1060. The summed E-state index contributed by atoms with van der Waals surface area (Å²) in [5.41, 5.74) is 1.99. The van der Waals surface area contributed by atoms with Crippen LogP contribution in [-0.2, 0) is 9.73 Å². The van der Waals surface area contributed by atoms with E-state index in [1.165, 1.54) is 26.3 Å². The second-order valence-electron chi connectivity index (χ2n) is 8.63. The molecule has 0 amide bonds. The van der Waals surface area contributed by atoms with E-state index in [0.29, 0.717) is 29.4 Å². The first-order chi connectivity index (χ1) is 14.8. The number of nitrogens with one attached hydrogen (secondary N) is 1. The fraction of sp³-hybridized carbons (Fsp3) is 0.478. The highest BCUT2D eigenvalue weighted by Gasteiger charge is 2.33. The number of phenols is 1. The Hall–Kier alpha value is -2.45. The van der Waals surface area contributed by atoms with Gasteiger partial charge in [0, 0.05) is 49.4 Å². The van der Waals surface area contributed by atoms with Gasteiger partial charge < -0.3 is 15.3 Å². The van der Waals surface area contributed by atoms with Crippen LogP contribution in [0.3, 0.4) is 0 Å². The van der Waals surface area contributed by atoms with Crippen LogP contribution in [0.25, 0.3) is 17.3 Å². The molecule has 166 valence electrons. The number of hydrogen-bond donors (Lipinski definition) is 2. The van der Waals surface area contributed by atoms with Gasteiger partial charge in [0.05, 0.1) is 15.4 Å². The number of aromatic hydroxyl groups is 1. The summed E-state index contributed by atoms with van der Waals surface area (Å²) >= 11 is 0.